The third kappa shape index (κ3) is 8.00. The summed E-state index contributed by atoms with van der Waals surface area (Å²) in [6.07, 6.45) is 7.19. The average Bonchev–Trinajstić information content (AvgIpc) is 3.14. The summed E-state index contributed by atoms with van der Waals surface area (Å²) >= 11 is 12.1. The number of Topliss-reactive ketones (excluding diaryl/α,β-unsaturated/α-hetero) is 1. The number of ether oxygens (including phenoxy) is 2. The van der Waals surface area contributed by atoms with Gasteiger partial charge in [0.25, 0.3) is 0 Å². The maximum absolute atomic E-state index is 12.7. The average molecular weight is 540 g/mol. The highest BCUT2D eigenvalue weighted by Gasteiger charge is 2.27. The van der Waals surface area contributed by atoms with E-state index in [1.165, 1.54) is 6.42 Å². The molecule has 0 amide bonds. The van der Waals surface area contributed by atoms with Gasteiger partial charge in [-0.05, 0) is 86.1 Å². The van der Waals surface area contributed by atoms with Crippen molar-refractivity contribution < 1.29 is 19.4 Å². The van der Waals surface area contributed by atoms with Gasteiger partial charge in [0.1, 0.15) is 17.2 Å². The van der Waals surface area contributed by atoms with Crippen LogP contribution in [0.2, 0.25) is 10.0 Å². The van der Waals surface area contributed by atoms with Gasteiger partial charge in [-0.1, -0.05) is 54.6 Å². The highest BCUT2D eigenvalue weighted by molar-refractivity contribution is 6.34. The van der Waals surface area contributed by atoms with Crippen LogP contribution < -0.4 is 9.47 Å². The second-order valence-electron chi connectivity index (χ2n) is 9.32. The lowest BCUT2D eigenvalue weighted by Gasteiger charge is -2.16. The molecule has 1 N–H and O–H groups in total. The van der Waals surface area contributed by atoms with E-state index in [9.17, 15) is 9.90 Å². The van der Waals surface area contributed by atoms with Gasteiger partial charge >= 0.3 is 0 Å². The molecule has 5 nitrogen and oxygen atoms in total. The van der Waals surface area contributed by atoms with Crippen molar-refractivity contribution in [2.75, 3.05) is 20.2 Å². The van der Waals surface area contributed by atoms with Crippen LogP contribution in [0.3, 0.4) is 0 Å². The standard InChI is InChI=1S/C30H31Cl2NO4/c1-33(20-21-8-7-9-25(34)16-21)12-5-3-2-4-6-13-36-26-10-11-27-28(19-26)37-29(30(27)35)17-22-14-23(31)18-24(32)15-22/h7-11,14-19,34H,2-6,12-13,20H2,1H3/b29-17-. The Morgan fingerprint density at radius 3 is 2.49 bits per heavy atom. The maximum Gasteiger partial charge on any atom is 0.231 e. The maximum atomic E-state index is 12.7. The zero-order valence-electron chi connectivity index (χ0n) is 20.9. The lowest BCUT2D eigenvalue weighted by Crippen LogP contribution is -2.18. The number of allylic oxidation sites excluding steroid dienone is 1. The molecule has 3 aromatic rings. The van der Waals surface area contributed by atoms with Crippen molar-refractivity contribution in [2.24, 2.45) is 0 Å². The molecule has 0 unspecified atom stereocenters. The molecule has 3 aromatic carbocycles. The van der Waals surface area contributed by atoms with E-state index in [-0.39, 0.29) is 11.5 Å². The van der Waals surface area contributed by atoms with Crippen LogP contribution in [0.15, 0.2) is 66.4 Å². The van der Waals surface area contributed by atoms with Gasteiger partial charge in [0.2, 0.25) is 5.78 Å². The second kappa shape index (κ2) is 13.0. The van der Waals surface area contributed by atoms with Crippen LogP contribution in [0.4, 0.5) is 0 Å². The minimum Gasteiger partial charge on any atom is -0.508 e. The number of ketones is 1. The number of phenols is 1. The van der Waals surface area contributed by atoms with Crippen LogP contribution in [0, 0.1) is 0 Å². The number of aromatic hydroxyl groups is 1. The lowest BCUT2D eigenvalue weighted by atomic mass is 10.1. The van der Waals surface area contributed by atoms with Gasteiger partial charge in [-0.15, -0.1) is 0 Å². The molecular weight excluding hydrogens is 509 g/mol. The third-order valence-electron chi connectivity index (χ3n) is 6.14. The topological polar surface area (TPSA) is 59.0 Å². The minimum absolute atomic E-state index is 0.176. The van der Waals surface area contributed by atoms with E-state index in [1.54, 1.807) is 42.5 Å². The smallest absolute Gasteiger partial charge is 0.231 e. The molecule has 4 rings (SSSR count). The molecule has 0 radical (unpaired) electrons. The van der Waals surface area contributed by atoms with Gasteiger partial charge in [0, 0.05) is 22.7 Å². The molecule has 1 aliphatic rings. The first kappa shape index (κ1) is 27.1. The highest BCUT2D eigenvalue weighted by atomic mass is 35.5. The van der Waals surface area contributed by atoms with Crippen molar-refractivity contribution in [1.29, 1.82) is 0 Å². The summed E-state index contributed by atoms with van der Waals surface area (Å²) in [6.45, 7) is 2.49. The number of carbonyl (C=O) groups excluding carboxylic acids is 1. The number of rotatable bonds is 12. The predicted octanol–water partition coefficient (Wildman–Crippen LogP) is 7.78. The zero-order valence-corrected chi connectivity index (χ0v) is 22.4. The first-order valence-electron chi connectivity index (χ1n) is 12.5. The van der Waals surface area contributed by atoms with E-state index >= 15 is 0 Å². The fraction of sp³-hybridized carbons (Fsp3) is 0.300. The number of benzene rings is 3. The summed E-state index contributed by atoms with van der Waals surface area (Å²) in [4.78, 5) is 15.0. The Morgan fingerprint density at radius 2 is 1.70 bits per heavy atom. The van der Waals surface area contributed by atoms with E-state index in [0.717, 1.165) is 44.3 Å². The molecule has 0 aromatic heterocycles. The zero-order chi connectivity index (χ0) is 26.2. The number of nitrogens with zero attached hydrogens (tertiary/aromatic N) is 1. The molecule has 194 valence electrons. The van der Waals surface area contributed by atoms with Gasteiger partial charge in [-0.25, -0.2) is 0 Å². The van der Waals surface area contributed by atoms with Gasteiger partial charge in [-0.3, -0.25) is 4.79 Å². The largest absolute Gasteiger partial charge is 0.508 e. The summed E-state index contributed by atoms with van der Waals surface area (Å²) < 4.78 is 11.7. The Labute approximate surface area is 228 Å². The number of hydrogen-bond donors (Lipinski definition) is 1. The van der Waals surface area contributed by atoms with Crippen molar-refractivity contribution in [1.82, 2.24) is 4.90 Å². The Bertz CT molecular complexity index is 1250. The highest BCUT2D eigenvalue weighted by Crippen LogP contribution is 2.35. The van der Waals surface area contributed by atoms with Crippen molar-refractivity contribution in [3.8, 4) is 17.2 Å². The summed E-state index contributed by atoms with van der Waals surface area (Å²) in [7, 11) is 2.11. The molecule has 0 spiro atoms. The monoisotopic (exact) mass is 539 g/mol. The van der Waals surface area contributed by atoms with Crippen LogP contribution in [0.1, 0.15) is 53.6 Å². The van der Waals surface area contributed by atoms with Crippen molar-refractivity contribution in [2.45, 2.75) is 38.6 Å². The first-order chi connectivity index (χ1) is 17.9. The van der Waals surface area contributed by atoms with Crippen molar-refractivity contribution in [3.05, 3.63) is 93.2 Å². The SMILES string of the molecule is CN(CCCCCCCOc1ccc2c(c1)O/C(=C\c1cc(Cl)cc(Cl)c1)C2=O)Cc1cccc(O)c1. The molecule has 0 fully saturated rings. The summed E-state index contributed by atoms with van der Waals surface area (Å²) in [6, 6.07) is 17.8. The molecule has 7 heteroatoms. The quantitative estimate of drug-likeness (QED) is 0.188. The molecule has 0 aliphatic carbocycles. The Balaban J connectivity index is 1.15. The van der Waals surface area contributed by atoms with E-state index in [4.69, 9.17) is 32.7 Å². The molecule has 0 atom stereocenters. The molecule has 0 saturated heterocycles. The van der Waals surface area contributed by atoms with Crippen LogP contribution >= 0.6 is 23.2 Å². The summed E-state index contributed by atoms with van der Waals surface area (Å²) in [5.74, 6) is 1.56. The molecule has 1 heterocycles. The fourth-order valence-electron chi connectivity index (χ4n) is 4.32. The van der Waals surface area contributed by atoms with Crippen molar-refractivity contribution >= 4 is 35.1 Å². The van der Waals surface area contributed by atoms with E-state index in [1.807, 2.05) is 24.3 Å². The van der Waals surface area contributed by atoms with Gasteiger partial charge in [0.05, 0.1) is 12.2 Å². The number of carbonyl (C=O) groups is 1. The molecule has 0 bridgehead atoms. The Hall–Kier alpha value is -2.99. The molecule has 0 saturated carbocycles. The second-order valence-corrected chi connectivity index (χ2v) is 10.2. The minimum atomic E-state index is -0.176. The summed E-state index contributed by atoms with van der Waals surface area (Å²) in [5, 5.41) is 10.6. The van der Waals surface area contributed by atoms with Crippen LogP contribution in [0.25, 0.3) is 6.08 Å². The predicted molar refractivity (Wildman–Crippen MR) is 149 cm³/mol. The third-order valence-corrected chi connectivity index (χ3v) is 6.58. The van der Waals surface area contributed by atoms with Gasteiger partial charge in [0.15, 0.2) is 5.76 Å². The fourth-order valence-corrected chi connectivity index (χ4v) is 4.86. The Kier molecular flexibility index (Phi) is 9.51. The lowest BCUT2D eigenvalue weighted by molar-refractivity contribution is 0.101. The van der Waals surface area contributed by atoms with E-state index < -0.39 is 0 Å². The summed E-state index contributed by atoms with van der Waals surface area (Å²) in [5.41, 5.74) is 2.34. The number of hydrogen-bond acceptors (Lipinski definition) is 5. The van der Waals surface area contributed by atoms with Crippen LogP contribution in [-0.2, 0) is 6.54 Å². The molecule has 1 aliphatic heterocycles. The number of phenolic OH excluding ortho intramolecular Hbond substituents is 1. The van der Waals surface area contributed by atoms with E-state index in [2.05, 4.69) is 11.9 Å². The number of unbranched alkanes of at least 4 members (excludes halogenated alkanes) is 4. The van der Waals surface area contributed by atoms with Crippen LogP contribution in [0.5, 0.6) is 17.2 Å². The van der Waals surface area contributed by atoms with Gasteiger partial charge in [-0.2, -0.15) is 0 Å². The van der Waals surface area contributed by atoms with E-state index in [0.29, 0.717) is 45.0 Å². The van der Waals surface area contributed by atoms with Crippen molar-refractivity contribution in [3.63, 3.8) is 0 Å². The normalized spacial score (nSPS) is 13.7. The van der Waals surface area contributed by atoms with Gasteiger partial charge < -0.3 is 19.5 Å². The first-order valence-corrected chi connectivity index (χ1v) is 13.3. The number of fused-ring (bicyclic) bond motifs is 1. The molecule has 37 heavy (non-hydrogen) atoms. The Morgan fingerprint density at radius 1 is 0.946 bits per heavy atom. The molecular formula is C30H31Cl2NO4. The number of halogens is 2. The van der Waals surface area contributed by atoms with Crippen LogP contribution in [-0.4, -0.2) is 36.0 Å².